The van der Waals surface area contributed by atoms with E-state index >= 15 is 0 Å². The van der Waals surface area contributed by atoms with Crippen LogP contribution in [0.4, 0.5) is 5.69 Å². The Hall–Kier alpha value is -4.12. The van der Waals surface area contributed by atoms with Crippen molar-refractivity contribution in [3.63, 3.8) is 0 Å². The molecule has 0 saturated carbocycles. The van der Waals surface area contributed by atoms with Crippen LogP contribution in [0.2, 0.25) is 0 Å². The van der Waals surface area contributed by atoms with E-state index in [1.807, 2.05) is 54.6 Å². The van der Waals surface area contributed by atoms with Gasteiger partial charge in [-0.15, -0.1) is 0 Å². The highest BCUT2D eigenvalue weighted by molar-refractivity contribution is 6.03. The second-order valence-corrected chi connectivity index (χ2v) is 9.01. The summed E-state index contributed by atoms with van der Waals surface area (Å²) >= 11 is 0. The Morgan fingerprint density at radius 2 is 1.86 bits per heavy atom. The van der Waals surface area contributed by atoms with Gasteiger partial charge in [0.05, 0.1) is 12.6 Å². The summed E-state index contributed by atoms with van der Waals surface area (Å²) in [5.74, 6) is 1.35. The predicted octanol–water partition coefficient (Wildman–Crippen LogP) is 6.39. The summed E-state index contributed by atoms with van der Waals surface area (Å²) in [5.41, 5.74) is 7.03. The summed E-state index contributed by atoms with van der Waals surface area (Å²) < 4.78 is 11.8. The molecular weight excluding hydrogens is 436 g/mol. The van der Waals surface area contributed by atoms with Crippen LogP contribution < -0.4 is 14.8 Å². The fourth-order valence-electron chi connectivity index (χ4n) is 5.28. The number of ether oxygens (including phenoxy) is 2. The molecule has 5 nitrogen and oxygen atoms in total. The maximum atomic E-state index is 13.3. The van der Waals surface area contributed by atoms with Gasteiger partial charge in [-0.3, -0.25) is 9.78 Å². The fraction of sp³-hybridized carbons (Fsp3) is 0.200. The molecule has 5 heteroatoms. The van der Waals surface area contributed by atoms with Crippen molar-refractivity contribution >= 4 is 22.4 Å². The van der Waals surface area contributed by atoms with Crippen LogP contribution in [0.15, 0.2) is 90.3 Å². The van der Waals surface area contributed by atoms with Crippen molar-refractivity contribution in [2.75, 3.05) is 12.4 Å². The summed E-state index contributed by atoms with van der Waals surface area (Å²) in [4.78, 5) is 17.8. The molecule has 1 aliphatic carbocycles. The second kappa shape index (κ2) is 8.91. The van der Waals surface area contributed by atoms with Gasteiger partial charge in [0.1, 0.15) is 6.61 Å². The second-order valence-electron chi connectivity index (χ2n) is 9.01. The number of anilines is 1. The van der Waals surface area contributed by atoms with E-state index in [1.165, 1.54) is 0 Å². The third-order valence-electron chi connectivity index (χ3n) is 6.90. The van der Waals surface area contributed by atoms with Crippen molar-refractivity contribution in [2.24, 2.45) is 0 Å². The number of hydrogen-bond acceptors (Lipinski definition) is 5. The van der Waals surface area contributed by atoms with Gasteiger partial charge < -0.3 is 14.8 Å². The number of carbonyl (C=O) groups excluding carboxylic acids is 1. The first-order valence-electron chi connectivity index (χ1n) is 12.0. The van der Waals surface area contributed by atoms with E-state index in [2.05, 4.69) is 28.5 Å². The number of pyridine rings is 1. The van der Waals surface area contributed by atoms with E-state index in [4.69, 9.17) is 9.47 Å². The van der Waals surface area contributed by atoms with Gasteiger partial charge in [0.15, 0.2) is 17.3 Å². The van der Waals surface area contributed by atoms with Gasteiger partial charge in [0.25, 0.3) is 0 Å². The van der Waals surface area contributed by atoms with Crippen molar-refractivity contribution in [3.05, 3.63) is 107 Å². The molecule has 0 amide bonds. The number of nitrogens with zero attached hydrogens (tertiary/aromatic N) is 1. The maximum Gasteiger partial charge on any atom is 0.161 e. The van der Waals surface area contributed by atoms with Gasteiger partial charge in [-0.2, -0.15) is 0 Å². The average Bonchev–Trinajstić information content (AvgIpc) is 2.91. The molecule has 0 fully saturated rings. The van der Waals surface area contributed by atoms with E-state index in [9.17, 15) is 4.79 Å². The number of fused-ring (bicyclic) bond motifs is 3. The number of allylic oxidation sites excluding steroid dienone is 2. The van der Waals surface area contributed by atoms with Crippen LogP contribution in [0.1, 0.15) is 41.9 Å². The molecule has 2 aliphatic rings. The van der Waals surface area contributed by atoms with E-state index in [0.717, 1.165) is 57.4 Å². The molecule has 1 N–H and O–H groups in total. The van der Waals surface area contributed by atoms with Gasteiger partial charge in [0, 0.05) is 40.9 Å². The number of hydrogen-bond donors (Lipinski definition) is 1. The summed E-state index contributed by atoms with van der Waals surface area (Å²) in [5, 5.41) is 4.63. The van der Waals surface area contributed by atoms with E-state index < -0.39 is 0 Å². The quantitative estimate of drug-likeness (QED) is 0.373. The van der Waals surface area contributed by atoms with E-state index in [0.29, 0.717) is 24.5 Å². The van der Waals surface area contributed by atoms with Crippen LogP contribution >= 0.6 is 0 Å². The van der Waals surface area contributed by atoms with Gasteiger partial charge in [-0.25, -0.2) is 0 Å². The van der Waals surface area contributed by atoms with Gasteiger partial charge in [0.2, 0.25) is 0 Å². The average molecular weight is 463 g/mol. The number of ketones is 1. The van der Waals surface area contributed by atoms with E-state index in [1.54, 1.807) is 13.3 Å². The molecule has 174 valence electrons. The molecule has 1 aliphatic heterocycles. The lowest BCUT2D eigenvalue weighted by molar-refractivity contribution is -0.116. The molecule has 3 aromatic carbocycles. The number of aromatic nitrogens is 1. The molecule has 1 atom stereocenters. The first kappa shape index (κ1) is 21.4. The maximum absolute atomic E-state index is 13.3. The van der Waals surface area contributed by atoms with Crippen molar-refractivity contribution in [1.82, 2.24) is 4.98 Å². The van der Waals surface area contributed by atoms with Crippen LogP contribution in [-0.2, 0) is 11.4 Å². The largest absolute Gasteiger partial charge is 0.493 e. The lowest BCUT2D eigenvalue weighted by Crippen LogP contribution is -2.27. The highest BCUT2D eigenvalue weighted by atomic mass is 16.5. The molecule has 0 saturated heterocycles. The van der Waals surface area contributed by atoms with Crippen molar-refractivity contribution in [3.8, 4) is 11.5 Å². The van der Waals surface area contributed by atoms with Crippen molar-refractivity contribution in [2.45, 2.75) is 31.8 Å². The normalized spacial score (nSPS) is 16.9. The molecule has 0 spiro atoms. The number of rotatable bonds is 5. The minimum absolute atomic E-state index is 0.195. The van der Waals surface area contributed by atoms with E-state index in [-0.39, 0.29) is 11.7 Å². The van der Waals surface area contributed by atoms with Gasteiger partial charge >= 0.3 is 0 Å². The fourth-order valence-corrected chi connectivity index (χ4v) is 5.28. The molecule has 0 radical (unpaired) electrons. The zero-order chi connectivity index (χ0) is 23.8. The number of methoxy groups -OCH3 is 1. The van der Waals surface area contributed by atoms with Crippen LogP contribution in [0.3, 0.4) is 0 Å². The first-order chi connectivity index (χ1) is 17.2. The Balaban J connectivity index is 1.47. The third-order valence-corrected chi connectivity index (χ3v) is 6.90. The summed E-state index contributed by atoms with van der Waals surface area (Å²) in [7, 11) is 1.65. The zero-order valence-electron chi connectivity index (χ0n) is 19.6. The predicted molar refractivity (Wildman–Crippen MR) is 137 cm³/mol. The molecule has 0 bridgehead atoms. The minimum atomic E-state index is -0.195. The number of benzene rings is 3. The van der Waals surface area contributed by atoms with Crippen molar-refractivity contribution < 1.29 is 14.3 Å². The monoisotopic (exact) mass is 462 g/mol. The van der Waals surface area contributed by atoms with Crippen molar-refractivity contribution in [1.29, 1.82) is 0 Å². The van der Waals surface area contributed by atoms with Crippen LogP contribution in [0, 0.1) is 0 Å². The lowest BCUT2D eigenvalue weighted by Gasteiger charge is -2.35. The third kappa shape index (κ3) is 3.83. The Morgan fingerprint density at radius 1 is 0.971 bits per heavy atom. The molecule has 4 aromatic rings. The highest BCUT2D eigenvalue weighted by Gasteiger charge is 2.36. The molecule has 1 aromatic heterocycles. The Morgan fingerprint density at radius 3 is 2.71 bits per heavy atom. The lowest BCUT2D eigenvalue weighted by atomic mass is 9.74. The highest BCUT2D eigenvalue weighted by Crippen LogP contribution is 2.48. The molecule has 1 unspecified atom stereocenters. The Kier molecular flexibility index (Phi) is 5.45. The summed E-state index contributed by atoms with van der Waals surface area (Å²) in [6.45, 7) is 0.455. The molecular formula is C30H26N2O3. The topological polar surface area (TPSA) is 60.5 Å². The molecule has 6 rings (SSSR count). The first-order valence-corrected chi connectivity index (χ1v) is 12.0. The molecule has 2 heterocycles. The Bertz CT molecular complexity index is 1460. The summed E-state index contributed by atoms with van der Waals surface area (Å²) in [6.07, 6.45) is 4.12. The van der Waals surface area contributed by atoms with Gasteiger partial charge in [-0.1, -0.05) is 42.5 Å². The zero-order valence-corrected chi connectivity index (χ0v) is 19.6. The van der Waals surface area contributed by atoms with Crippen LogP contribution in [0.25, 0.3) is 10.9 Å². The molecule has 35 heavy (non-hydrogen) atoms. The minimum Gasteiger partial charge on any atom is -0.493 e. The smallest absolute Gasteiger partial charge is 0.161 e. The standard InChI is InChI=1S/C30H26N2O3/c1-34-27-17-20(12-15-26(27)35-18-19-7-3-2-4-8-19)28-29-21-9-6-16-31-22(21)13-14-24(29)32-23-10-5-11-25(33)30(23)28/h2-4,6-9,12-17,28,32H,5,10-11,18H2,1H3. The van der Waals surface area contributed by atoms with Crippen LogP contribution in [0.5, 0.6) is 11.5 Å². The van der Waals surface area contributed by atoms with Gasteiger partial charge in [-0.05, 0) is 59.9 Å². The van der Waals surface area contributed by atoms with Crippen LogP contribution in [-0.4, -0.2) is 17.9 Å². The number of Topliss-reactive ketones (excluding diaryl/α,β-unsaturated/α-hetero) is 1. The summed E-state index contributed by atoms with van der Waals surface area (Å²) in [6, 6.07) is 24.2. The number of carbonyl (C=O) groups is 1. The Labute approximate surface area is 204 Å². The SMILES string of the molecule is COc1cc(C2C3=C(CCCC3=O)Nc3ccc4ncccc4c32)ccc1OCc1ccccc1. The number of nitrogens with one attached hydrogen (secondary N) is 1.